The van der Waals surface area contributed by atoms with Crippen molar-refractivity contribution in [3.63, 3.8) is 0 Å². The van der Waals surface area contributed by atoms with Gasteiger partial charge in [0.1, 0.15) is 0 Å². The molecule has 0 spiro atoms. The van der Waals surface area contributed by atoms with Crippen LogP contribution in [0.2, 0.25) is 0 Å². The number of morpholine rings is 1. The van der Waals surface area contributed by atoms with Crippen LogP contribution in [0.3, 0.4) is 0 Å². The molecule has 3 atom stereocenters. The van der Waals surface area contributed by atoms with Gasteiger partial charge in [-0.1, -0.05) is 5.21 Å². The molecule has 2 fully saturated rings. The third-order valence-electron chi connectivity index (χ3n) is 5.85. The van der Waals surface area contributed by atoms with E-state index in [1.165, 1.54) is 16.4 Å². The van der Waals surface area contributed by atoms with Gasteiger partial charge in [-0.3, -0.25) is 9.48 Å². The normalized spacial score (nSPS) is 25.5. The molecule has 2 aliphatic heterocycles. The Morgan fingerprint density at radius 2 is 1.84 bits per heavy atom. The minimum absolute atomic E-state index is 0.0687. The molecule has 2 aromatic rings. The molecule has 0 N–H and O–H groups in total. The molecule has 1 amide bonds. The van der Waals surface area contributed by atoms with E-state index >= 15 is 0 Å². The minimum Gasteiger partial charge on any atom is -0.373 e. The molecule has 0 saturated carbocycles. The van der Waals surface area contributed by atoms with Crippen molar-refractivity contribution in [2.45, 2.75) is 50.3 Å². The number of piperidine rings is 1. The highest BCUT2D eigenvalue weighted by molar-refractivity contribution is 7.89. The fraction of sp³-hybridized carbons (Fsp3) is 0.571. The van der Waals surface area contributed by atoms with Gasteiger partial charge in [0, 0.05) is 44.5 Å². The molecule has 1 aromatic heterocycles. The van der Waals surface area contributed by atoms with Gasteiger partial charge in [0.05, 0.1) is 23.3 Å². The summed E-state index contributed by atoms with van der Waals surface area (Å²) < 4.78 is 34.9. The first-order chi connectivity index (χ1) is 14.8. The van der Waals surface area contributed by atoms with Crippen molar-refractivity contribution < 1.29 is 17.9 Å². The van der Waals surface area contributed by atoms with E-state index in [2.05, 4.69) is 10.3 Å². The zero-order valence-corrected chi connectivity index (χ0v) is 18.7. The third-order valence-corrected chi connectivity index (χ3v) is 7.69. The van der Waals surface area contributed by atoms with Crippen LogP contribution in [0.15, 0.2) is 41.6 Å². The summed E-state index contributed by atoms with van der Waals surface area (Å²) >= 11 is 0. The summed E-state index contributed by atoms with van der Waals surface area (Å²) in [6, 6.07) is 6.29. The third kappa shape index (κ3) is 4.97. The number of aromatic nitrogens is 3. The van der Waals surface area contributed by atoms with E-state index in [9.17, 15) is 13.2 Å². The fourth-order valence-electron chi connectivity index (χ4n) is 4.42. The van der Waals surface area contributed by atoms with Gasteiger partial charge in [0.2, 0.25) is 10.0 Å². The van der Waals surface area contributed by atoms with Crippen LogP contribution in [0.5, 0.6) is 0 Å². The molecule has 0 radical (unpaired) electrons. The van der Waals surface area contributed by atoms with Crippen LogP contribution in [0.25, 0.3) is 0 Å². The van der Waals surface area contributed by atoms with Gasteiger partial charge >= 0.3 is 0 Å². The standard InChI is InChI=1S/C21H29N5O4S/c1-16-12-26(13-17(2)30-16)31(28,29)20-7-5-19(6-8-20)21(27)24-10-3-4-18(14-24)15-25-11-9-22-23-25/h5-9,11,16-18H,3-4,10,12-15H2,1-2H3/t16-,17+,18-/m1/s1. The quantitative estimate of drug-likeness (QED) is 0.691. The topological polar surface area (TPSA) is 97.6 Å². The maximum Gasteiger partial charge on any atom is 0.253 e. The van der Waals surface area contributed by atoms with E-state index < -0.39 is 10.0 Å². The summed E-state index contributed by atoms with van der Waals surface area (Å²) in [4.78, 5) is 15.1. The lowest BCUT2D eigenvalue weighted by molar-refractivity contribution is -0.0440. The predicted octanol–water partition coefficient (Wildman–Crippen LogP) is 1.63. The number of carbonyl (C=O) groups is 1. The molecular weight excluding hydrogens is 418 g/mol. The maximum atomic E-state index is 13.0. The number of hydrogen-bond acceptors (Lipinski definition) is 6. The van der Waals surface area contributed by atoms with E-state index in [4.69, 9.17) is 4.74 Å². The van der Waals surface area contributed by atoms with E-state index in [0.29, 0.717) is 37.7 Å². The molecule has 0 unspecified atom stereocenters. The van der Waals surface area contributed by atoms with Gasteiger partial charge in [-0.05, 0) is 56.9 Å². The van der Waals surface area contributed by atoms with E-state index in [1.807, 2.05) is 24.9 Å². The van der Waals surface area contributed by atoms with Crippen molar-refractivity contribution in [3.8, 4) is 0 Å². The number of nitrogens with zero attached hydrogens (tertiary/aromatic N) is 5. The number of rotatable bonds is 5. The fourth-order valence-corrected chi connectivity index (χ4v) is 6.01. The number of sulfonamides is 1. The predicted molar refractivity (Wildman–Crippen MR) is 114 cm³/mol. The SMILES string of the molecule is C[C@@H]1CN(S(=O)(=O)c2ccc(C(=O)N3CCC[C@@H](Cn4ccnn4)C3)cc2)C[C@H](C)O1. The molecule has 0 bridgehead atoms. The number of carbonyl (C=O) groups excluding carboxylic acids is 1. The molecule has 1 aromatic carbocycles. The zero-order chi connectivity index (χ0) is 22.0. The highest BCUT2D eigenvalue weighted by Crippen LogP contribution is 2.23. The van der Waals surface area contributed by atoms with Crippen LogP contribution in [-0.2, 0) is 21.3 Å². The summed E-state index contributed by atoms with van der Waals surface area (Å²) in [5.41, 5.74) is 0.504. The number of benzene rings is 1. The average molecular weight is 448 g/mol. The lowest BCUT2D eigenvalue weighted by Gasteiger charge is -2.34. The molecule has 31 heavy (non-hydrogen) atoms. The van der Waals surface area contributed by atoms with Crippen molar-refractivity contribution in [3.05, 3.63) is 42.2 Å². The number of likely N-dealkylation sites (tertiary alicyclic amines) is 1. The molecule has 9 nitrogen and oxygen atoms in total. The second-order valence-electron chi connectivity index (χ2n) is 8.49. The van der Waals surface area contributed by atoms with Crippen molar-refractivity contribution in [2.24, 2.45) is 5.92 Å². The second kappa shape index (κ2) is 9.05. The summed E-state index contributed by atoms with van der Waals surface area (Å²) in [7, 11) is -3.62. The molecular formula is C21H29N5O4S. The molecule has 2 saturated heterocycles. The van der Waals surface area contributed by atoms with Gasteiger partial charge in [-0.2, -0.15) is 4.31 Å². The van der Waals surface area contributed by atoms with E-state index in [1.54, 1.807) is 23.0 Å². The molecule has 0 aliphatic carbocycles. The summed E-state index contributed by atoms with van der Waals surface area (Å²) in [5.74, 6) is 0.255. The minimum atomic E-state index is -3.62. The Kier molecular flexibility index (Phi) is 6.40. The van der Waals surface area contributed by atoms with Crippen LogP contribution in [0.1, 0.15) is 37.0 Å². The van der Waals surface area contributed by atoms with Crippen LogP contribution in [-0.4, -0.2) is 76.9 Å². The van der Waals surface area contributed by atoms with Crippen LogP contribution in [0.4, 0.5) is 0 Å². The zero-order valence-electron chi connectivity index (χ0n) is 17.9. The Balaban J connectivity index is 1.43. The first-order valence-corrected chi connectivity index (χ1v) is 12.2. The van der Waals surface area contributed by atoms with Gasteiger partial charge < -0.3 is 9.64 Å². The lowest BCUT2D eigenvalue weighted by Crippen LogP contribution is -2.48. The average Bonchev–Trinajstić information content (AvgIpc) is 3.26. The summed E-state index contributed by atoms with van der Waals surface area (Å²) in [6.45, 7) is 6.49. The second-order valence-corrected chi connectivity index (χ2v) is 10.4. The van der Waals surface area contributed by atoms with E-state index in [-0.39, 0.29) is 23.0 Å². The highest BCUT2D eigenvalue weighted by atomic mass is 32.2. The Bertz CT molecular complexity index is 983. The van der Waals surface area contributed by atoms with E-state index in [0.717, 1.165) is 19.4 Å². The molecule has 3 heterocycles. The Labute approximate surface area is 183 Å². The highest BCUT2D eigenvalue weighted by Gasteiger charge is 2.32. The number of ether oxygens (including phenoxy) is 1. The van der Waals surface area contributed by atoms with Crippen molar-refractivity contribution in [1.82, 2.24) is 24.2 Å². The van der Waals surface area contributed by atoms with Crippen molar-refractivity contribution in [1.29, 1.82) is 0 Å². The molecule has 168 valence electrons. The first kappa shape index (κ1) is 21.9. The van der Waals surface area contributed by atoms with Crippen LogP contribution in [0, 0.1) is 5.92 Å². The first-order valence-electron chi connectivity index (χ1n) is 10.7. The van der Waals surface area contributed by atoms with Gasteiger partial charge in [0.15, 0.2) is 0 Å². The Hall–Kier alpha value is -2.30. The summed E-state index contributed by atoms with van der Waals surface area (Å²) in [6.07, 6.45) is 5.16. The van der Waals surface area contributed by atoms with Gasteiger partial charge in [-0.25, -0.2) is 8.42 Å². The Morgan fingerprint density at radius 3 is 2.48 bits per heavy atom. The van der Waals surface area contributed by atoms with Crippen LogP contribution < -0.4 is 0 Å². The van der Waals surface area contributed by atoms with Crippen molar-refractivity contribution in [2.75, 3.05) is 26.2 Å². The van der Waals surface area contributed by atoms with Gasteiger partial charge in [0.25, 0.3) is 5.91 Å². The number of hydrogen-bond donors (Lipinski definition) is 0. The summed E-state index contributed by atoms with van der Waals surface area (Å²) in [5, 5.41) is 7.85. The molecule has 4 rings (SSSR count). The van der Waals surface area contributed by atoms with Crippen LogP contribution >= 0.6 is 0 Å². The smallest absolute Gasteiger partial charge is 0.253 e. The monoisotopic (exact) mass is 447 g/mol. The largest absolute Gasteiger partial charge is 0.373 e. The van der Waals surface area contributed by atoms with Gasteiger partial charge in [-0.15, -0.1) is 5.10 Å². The number of amides is 1. The lowest BCUT2D eigenvalue weighted by atomic mass is 9.97. The molecule has 10 heteroatoms. The molecule has 2 aliphatic rings. The van der Waals surface area contributed by atoms with Crippen molar-refractivity contribution >= 4 is 15.9 Å². The maximum absolute atomic E-state index is 13.0. The Morgan fingerprint density at radius 1 is 1.13 bits per heavy atom.